The van der Waals surface area contributed by atoms with Gasteiger partial charge in [0.1, 0.15) is 5.82 Å². The van der Waals surface area contributed by atoms with Gasteiger partial charge < -0.3 is 5.11 Å². The highest BCUT2D eigenvalue weighted by Crippen LogP contribution is 2.29. The van der Waals surface area contributed by atoms with Crippen molar-refractivity contribution in [3.05, 3.63) is 57.1 Å². The predicted octanol–water partition coefficient (Wildman–Crippen LogP) is 3.30. The summed E-state index contributed by atoms with van der Waals surface area (Å²) in [5, 5.41) is 9.19. The van der Waals surface area contributed by atoms with Crippen molar-refractivity contribution in [3.63, 3.8) is 0 Å². The molecule has 0 fully saturated rings. The largest absolute Gasteiger partial charge is 0.392 e. The molecule has 0 aliphatic carbocycles. The standard InChI is InChI=1S/C12H11FINO/c13-11-3-1-2-9(6-11)7-12-10(8-16)4-5-15-14-12/h1-6,16H,7-8H2. The van der Waals surface area contributed by atoms with Crippen molar-refractivity contribution in [1.29, 1.82) is 0 Å². The van der Waals surface area contributed by atoms with Crippen molar-refractivity contribution in [2.45, 2.75) is 6.42 Å². The Morgan fingerprint density at radius 2 is 2.25 bits per heavy atom. The molecule has 0 atom stereocenters. The van der Waals surface area contributed by atoms with Gasteiger partial charge in [-0.3, -0.25) is 0 Å². The van der Waals surface area contributed by atoms with E-state index in [4.69, 9.17) is 0 Å². The van der Waals surface area contributed by atoms with Gasteiger partial charge in [-0.25, -0.2) is 7.54 Å². The average molecular weight is 331 g/mol. The van der Waals surface area contributed by atoms with Crippen molar-refractivity contribution in [1.82, 2.24) is 0 Å². The summed E-state index contributed by atoms with van der Waals surface area (Å²) < 4.78 is 18.4. The fraction of sp³-hybridized carbons (Fsp3) is 0.167. The number of hydrogen-bond donors (Lipinski definition) is 1. The molecule has 1 N–H and O–H groups in total. The molecule has 84 valence electrons. The van der Waals surface area contributed by atoms with Gasteiger partial charge in [-0.05, 0) is 29.3 Å². The Morgan fingerprint density at radius 3 is 3.00 bits per heavy atom. The van der Waals surface area contributed by atoms with E-state index in [0.29, 0.717) is 6.42 Å². The van der Waals surface area contributed by atoms with E-state index in [2.05, 4.69) is 3.15 Å². The van der Waals surface area contributed by atoms with E-state index < -0.39 is 21.0 Å². The maximum atomic E-state index is 13.0. The molecule has 4 heteroatoms. The smallest absolute Gasteiger partial charge is 0.123 e. The van der Waals surface area contributed by atoms with Crippen LogP contribution in [0.2, 0.25) is 0 Å². The molecule has 1 aliphatic rings. The Hall–Kier alpha value is -0.880. The lowest BCUT2D eigenvalue weighted by Gasteiger charge is -2.08. The summed E-state index contributed by atoms with van der Waals surface area (Å²) in [6.45, 7) is 0.0381. The third kappa shape index (κ3) is 2.82. The Balaban J connectivity index is 2.24. The van der Waals surface area contributed by atoms with Gasteiger partial charge in [0.25, 0.3) is 0 Å². The highest BCUT2D eigenvalue weighted by atomic mass is 127. The lowest BCUT2D eigenvalue weighted by atomic mass is 10.1. The number of aliphatic hydroxyl groups excluding tert-OH is 1. The van der Waals surface area contributed by atoms with Crippen LogP contribution in [0.25, 0.3) is 0 Å². The lowest BCUT2D eigenvalue weighted by molar-refractivity contribution is 0.334. The first kappa shape index (κ1) is 11.6. The minimum Gasteiger partial charge on any atom is -0.392 e. The Morgan fingerprint density at radius 1 is 1.38 bits per heavy atom. The fourth-order valence-electron chi connectivity index (χ4n) is 1.46. The third-order valence-corrected chi connectivity index (χ3v) is 4.51. The van der Waals surface area contributed by atoms with Crippen LogP contribution in [-0.4, -0.2) is 11.7 Å². The Bertz CT molecular complexity index is 480. The number of nitrogens with zero attached hydrogens (tertiary/aromatic N) is 1. The molecule has 1 aromatic carbocycles. The van der Waals surface area contributed by atoms with Crippen molar-refractivity contribution in [2.24, 2.45) is 3.15 Å². The normalized spacial score (nSPS) is 15.1. The maximum Gasteiger partial charge on any atom is 0.123 e. The monoisotopic (exact) mass is 331 g/mol. The minimum absolute atomic E-state index is 0.0381. The molecule has 0 unspecified atom stereocenters. The first-order chi connectivity index (χ1) is 7.79. The zero-order chi connectivity index (χ0) is 11.4. The Kier molecular flexibility index (Phi) is 3.95. The van der Waals surface area contributed by atoms with Crippen LogP contribution in [0.15, 0.2) is 48.8 Å². The number of benzene rings is 1. The van der Waals surface area contributed by atoms with E-state index in [-0.39, 0.29) is 12.4 Å². The summed E-state index contributed by atoms with van der Waals surface area (Å²) >= 11 is -0.398. The third-order valence-electron chi connectivity index (χ3n) is 2.25. The topological polar surface area (TPSA) is 32.6 Å². The Labute approximate surface area is 104 Å². The second kappa shape index (κ2) is 5.45. The zero-order valence-corrected chi connectivity index (χ0v) is 10.7. The molecule has 16 heavy (non-hydrogen) atoms. The molecule has 0 aromatic heterocycles. The predicted molar refractivity (Wildman–Crippen MR) is 69.8 cm³/mol. The molecule has 2 nitrogen and oxygen atoms in total. The highest BCUT2D eigenvalue weighted by molar-refractivity contribution is 14.2. The fourth-order valence-corrected chi connectivity index (χ4v) is 3.39. The summed E-state index contributed by atoms with van der Waals surface area (Å²) in [4.78, 5) is 0. The molecule has 1 aromatic rings. The van der Waals surface area contributed by atoms with Crippen LogP contribution < -0.4 is 0 Å². The molecule has 0 radical (unpaired) electrons. The lowest BCUT2D eigenvalue weighted by Crippen LogP contribution is -1.95. The van der Waals surface area contributed by atoms with Gasteiger partial charge in [0, 0.05) is 37.2 Å². The molecule has 1 aliphatic heterocycles. The summed E-state index contributed by atoms with van der Waals surface area (Å²) in [5.41, 5.74) is 1.87. The number of allylic oxidation sites excluding steroid dienone is 1. The van der Waals surface area contributed by atoms with Crippen LogP contribution in [0, 0.1) is 5.82 Å². The first-order valence-corrected chi connectivity index (χ1v) is 6.92. The van der Waals surface area contributed by atoms with E-state index in [1.807, 2.05) is 12.1 Å². The van der Waals surface area contributed by atoms with E-state index in [1.54, 1.807) is 12.3 Å². The SMILES string of the molecule is OCC1=C(Cc2cccc(F)c2)I=NC=C1. The average Bonchev–Trinajstić information content (AvgIpc) is 2.30. The van der Waals surface area contributed by atoms with Crippen LogP contribution in [0.3, 0.4) is 0 Å². The van der Waals surface area contributed by atoms with Gasteiger partial charge in [0.2, 0.25) is 0 Å². The summed E-state index contributed by atoms with van der Waals surface area (Å²) in [7, 11) is 0. The number of rotatable bonds is 3. The van der Waals surface area contributed by atoms with E-state index in [9.17, 15) is 9.50 Å². The van der Waals surface area contributed by atoms with Crippen LogP contribution in [0.4, 0.5) is 4.39 Å². The van der Waals surface area contributed by atoms with Gasteiger partial charge in [0.15, 0.2) is 0 Å². The van der Waals surface area contributed by atoms with Gasteiger partial charge in [0.05, 0.1) is 6.61 Å². The van der Waals surface area contributed by atoms with Crippen molar-refractivity contribution < 1.29 is 9.50 Å². The van der Waals surface area contributed by atoms with Crippen LogP contribution in [-0.2, 0) is 6.42 Å². The zero-order valence-electron chi connectivity index (χ0n) is 8.53. The number of aliphatic hydroxyl groups is 1. The molecule has 1 heterocycles. The minimum atomic E-state index is -0.398. The summed E-state index contributed by atoms with van der Waals surface area (Å²) in [6.07, 6.45) is 4.26. The quantitative estimate of drug-likeness (QED) is 0.847. The molecule has 0 bridgehead atoms. The van der Waals surface area contributed by atoms with Gasteiger partial charge >= 0.3 is 0 Å². The van der Waals surface area contributed by atoms with Crippen LogP contribution in [0.1, 0.15) is 5.56 Å². The summed E-state index contributed by atoms with van der Waals surface area (Å²) in [5.74, 6) is -0.217. The van der Waals surface area contributed by atoms with Gasteiger partial charge in [-0.15, -0.1) is 0 Å². The number of hydrogen-bond acceptors (Lipinski definition) is 2. The molecular weight excluding hydrogens is 320 g/mol. The van der Waals surface area contributed by atoms with E-state index >= 15 is 0 Å². The van der Waals surface area contributed by atoms with Crippen LogP contribution in [0.5, 0.6) is 0 Å². The molecular formula is C12H11FINO. The van der Waals surface area contributed by atoms with Gasteiger partial charge in [-0.1, -0.05) is 12.1 Å². The molecule has 0 amide bonds. The van der Waals surface area contributed by atoms with Crippen molar-refractivity contribution in [2.75, 3.05) is 6.61 Å². The number of halogens is 2. The highest BCUT2D eigenvalue weighted by Gasteiger charge is 2.07. The molecule has 0 saturated heterocycles. The second-order valence-corrected chi connectivity index (χ2v) is 5.73. The first-order valence-electron chi connectivity index (χ1n) is 4.88. The molecule has 0 spiro atoms. The summed E-state index contributed by atoms with van der Waals surface area (Å²) in [6, 6.07) is 6.57. The second-order valence-electron chi connectivity index (χ2n) is 3.39. The van der Waals surface area contributed by atoms with Crippen molar-refractivity contribution >= 4 is 21.0 Å². The molecule has 2 rings (SSSR count). The van der Waals surface area contributed by atoms with E-state index in [0.717, 1.165) is 14.7 Å². The van der Waals surface area contributed by atoms with Crippen LogP contribution >= 0.6 is 21.0 Å². The van der Waals surface area contributed by atoms with Gasteiger partial charge in [-0.2, -0.15) is 0 Å². The van der Waals surface area contributed by atoms with E-state index in [1.165, 1.54) is 12.1 Å². The van der Waals surface area contributed by atoms with Crippen molar-refractivity contribution in [3.8, 4) is 0 Å². The maximum absolute atomic E-state index is 13.0. The molecule has 0 saturated carbocycles.